The molecule has 0 N–H and O–H groups in total. The number of rotatable bonds is 3. The first kappa shape index (κ1) is 8.74. The smallest absolute Gasteiger partial charge is 0.264 e. The van der Waals surface area contributed by atoms with E-state index in [1.165, 1.54) is 0 Å². The third kappa shape index (κ3) is 1.90. The van der Waals surface area contributed by atoms with Crippen LogP contribution in [0.2, 0.25) is 0 Å². The minimum atomic E-state index is 0.270. The molecule has 0 radical (unpaired) electrons. The monoisotopic (exact) mass is 194 g/mol. The highest BCUT2D eigenvalue weighted by atomic mass is 16.5. The van der Waals surface area contributed by atoms with Crippen molar-refractivity contribution in [2.75, 3.05) is 0 Å². The summed E-state index contributed by atoms with van der Waals surface area (Å²) in [4.78, 5) is 4.00. The van der Waals surface area contributed by atoms with E-state index < -0.39 is 0 Å². The average Bonchev–Trinajstić information content (AvgIpc) is 2.72. The third-order valence-electron chi connectivity index (χ3n) is 1.61. The summed E-state index contributed by atoms with van der Waals surface area (Å²) in [6.45, 7) is 2.03. The first-order valence-corrected chi connectivity index (χ1v) is 4.14. The van der Waals surface area contributed by atoms with Gasteiger partial charge in [0.2, 0.25) is 0 Å². The molecule has 0 fully saturated rings. The van der Waals surface area contributed by atoms with E-state index in [9.17, 15) is 0 Å². The lowest BCUT2D eigenvalue weighted by molar-refractivity contribution is 0.242. The maximum Gasteiger partial charge on any atom is 0.264 e. The summed E-state index contributed by atoms with van der Waals surface area (Å²) in [5.41, 5.74) is 0. The van der Waals surface area contributed by atoms with Crippen molar-refractivity contribution >= 4 is 0 Å². The van der Waals surface area contributed by atoms with Crippen molar-refractivity contribution < 1.29 is 9.26 Å². The molecule has 2 rings (SSSR count). The summed E-state index contributed by atoms with van der Waals surface area (Å²) in [5, 5.41) is 7.61. The van der Waals surface area contributed by atoms with Crippen LogP contribution in [0.3, 0.4) is 0 Å². The second kappa shape index (κ2) is 3.49. The normalized spacial score (nSPS) is 10.4. The van der Waals surface area contributed by atoms with Crippen LogP contribution in [0.25, 0.3) is 0 Å². The van der Waals surface area contributed by atoms with Crippen molar-refractivity contribution in [1.29, 1.82) is 0 Å². The lowest BCUT2D eigenvalue weighted by Crippen LogP contribution is -1.94. The molecule has 0 unspecified atom stereocenters. The van der Waals surface area contributed by atoms with Crippen molar-refractivity contribution in [3.8, 4) is 5.75 Å². The molecule has 0 aliphatic carbocycles. The summed E-state index contributed by atoms with van der Waals surface area (Å²) in [6, 6.07) is 0. The van der Waals surface area contributed by atoms with Crippen molar-refractivity contribution in [1.82, 2.24) is 19.9 Å². The van der Waals surface area contributed by atoms with Crippen molar-refractivity contribution in [2.45, 2.75) is 13.5 Å². The topological polar surface area (TPSA) is 66.0 Å². The Balaban J connectivity index is 1.94. The molecule has 6 heteroatoms. The molecule has 74 valence electrons. The molecule has 0 atom stereocenters. The molecule has 0 bridgehead atoms. The predicted molar refractivity (Wildman–Crippen MR) is 46.6 cm³/mol. The van der Waals surface area contributed by atoms with Gasteiger partial charge in [0.15, 0.2) is 18.2 Å². The number of nitrogens with zero attached hydrogens (tertiary/aromatic N) is 4. The zero-order valence-corrected chi connectivity index (χ0v) is 7.97. The van der Waals surface area contributed by atoms with Crippen molar-refractivity contribution in [3.63, 3.8) is 0 Å². The van der Waals surface area contributed by atoms with Crippen LogP contribution in [0.4, 0.5) is 0 Å². The van der Waals surface area contributed by atoms with E-state index in [4.69, 9.17) is 9.26 Å². The molecule has 0 saturated heterocycles. The first-order chi connectivity index (χ1) is 6.74. The number of aryl methyl sites for hydroxylation is 2. The van der Waals surface area contributed by atoms with Crippen LogP contribution in [0.1, 0.15) is 11.7 Å². The molecule has 2 heterocycles. The van der Waals surface area contributed by atoms with Gasteiger partial charge in [-0.1, -0.05) is 5.16 Å². The summed E-state index contributed by atoms with van der Waals surface area (Å²) >= 11 is 0. The van der Waals surface area contributed by atoms with E-state index in [1.807, 2.05) is 7.05 Å². The molecule has 0 spiro atoms. The maximum atomic E-state index is 5.35. The Morgan fingerprint density at radius 1 is 1.57 bits per heavy atom. The van der Waals surface area contributed by atoms with Gasteiger partial charge in [0.05, 0.1) is 12.4 Å². The Labute approximate surface area is 80.5 Å². The predicted octanol–water partition coefficient (Wildman–Crippen LogP) is 0.691. The fraction of sp³-hybridized carbons (Fsp3) is 0.375. The zero-order chi connectivity index (χ0) is 9.97. The quantitative estimate of drug-likeness (QED) is 0.719. The second-order valence-corrected chi connectivity index (χ2v) is 2.87. The van der Waals surface area contributed by atoms with Gasteiger partial charge in [-0.2, -0.15) is 10.1 Å². The van der Waals surface area contributed by atoms with Crippen LogP contribution < -0.4 is 4.74 Å². The van der Waals surface area contributed by atoms with Crippen molar-refractivity contribution in [3.05, 3.63) is 24.1 Å². The maximum absolute atomic E-state index is 5.35. The van der Waals surface area contributed by atoms with E-state index >= 15 is 0 Å². The van der Waals surface area contributed by atoms with E-state index in [0.29, 0.717) is 17.5 Å². The largest absolute Gasteiger partial charge is 0.480 e. The SMILES string of the molecule is Cc1noc(COc2cnn(C)c2)n1. The van der Waals surface area contributed by atoms with Crippen LogP contribution in [-0.2, 0) is 13.7 Å². The van der Waals surface area contributed by atoms with Crippen LogP contribution >= 0.6 is 0 Å². The summed E-state index contributed by atoms with van der Waals surface area (Å²) in [6.07, 6.45) is 3.40. The molecule has 0 aliphatic rings. The highest BCUT2D eigenvalue weighted by molar-refractivity contribution is 5.11. The van der Waals surface area contributed by atoms with Crippen molar-refractivity contribution in [2.24, 2.45) is 7.05 Å². The lowest BCUT2D eigenvalue weighted by atomic mass is 10.6. The van der Waals surface area contributed by atoms with E-state index in [2.05, 4.69) is 15.2 Å². The van der Waals surface area contributed by atoms with Gasteiger partial charge in [-0.25, -0.2) is 0 Å². The molecule has 6 nitrogen and oxygen atoms in total. The minimum absolute atomic E-state index is 0.270. The highest BCUT2D eigenvalue weighted by Crippen LogP contribution is 2.09. The van der Waals surface area contributed by atoms with Gasteiger partial charge >= 0.3 is 0 Å². The van der Waals surface area contributed by atoms with E-state index in [1.54, 1.807) is 24.0 Å². The van der Waals surface area contributed by atoms with E-state index in [-0.39, 0.29) is 6.61 Å². The van der Waals surface area contributed by atoms with Gasteiger partial charge < -0.3 is 9.26 Å². The number of hydrogen-bond acceptors (Lipinski definition) is 5. The standard InChI is InChI=1S/C8H10N4O2/c1-6-10-8(14-11-6)5-13-7-3-9-12(2)4-7/h3-4H,5H2,1-2H3. The Hall–Kier alpha value is -1.85. The molecule has 2 aromatic rings. The Morgan fingerprint density at radius 3 is 3.00 bits per heavy atom. The van der Waals surface area contributed by atoms with Gasteiger partial charge in [-0.15, -0.1) is 0 Å². The molecule has 14 heavy (non-hydrogen) atoms. The van der Waals surface area contributed by atoms with Crippen LogP contribution in [0.15, 0.2) is 16.9 Å². The zero-order valence-electron chi connectivity index (χ0n) is 7.97. The molecular formula is C8H10N4O2. The number of hydrogen-bond donors (Lipinski definition) is 0. The molecule has 2 aromatic heterocycles. The lowest BCUT2D eigenvalue weighted by Gasteiger charge is -1.96. The second-order valence-electron chi connectivity index (χ2n) is 2.87. The molecule has 0 aromatic carbocycles. The fourth-order valence-corrected chi connectivity index (χ4v) is 1.02. The van der Waals surface area contributed by atoms with Crippen LogP contribution in [-0.4, -0.2) is 19.9 Å². The summed E-state index contributed by atoms with van der Waals surface area (Å²) in [5.74, 6) is 1.75. The van der Waals surface area contributed by atoms with Crippen LogP contribution in [0.5, 0.6) is 5.75 Å². The summed E-state index contributed by atoms with van der Waals surface area (Å²) in [7, 11) is 1.82. The van der Waals surface area contributed by atoms with Crippen LogP contribution in [0, 0.1) is 6.92 Å². The number of aromatic nitrogens is 4. The average molecular weight is 194 g/mol. The summed E-state index contributed by atoms with van der Waals surface area (Å²) < 4.78 is 11.9. The third-order valence-corrected chi connectivity index (χ3v) is 1.61. The van der Waals surface area contributed by atoms with E-state index in [0.717, 1.165) is 0 Å². The van der Waals surface area contributed by atoms with Gasteiger partial charge in [0.1, 0.15) is 0 Å². The fourth-order valence-electron chi connectivity index (χ4n) is 1.02. The van der Waals surface area contributed by atoms with Gasteiger partial charge in [-0.05, 0) is 6.92 Å². The highest BCUT2D eigenvalue weighted by Gasteiger charge is 2.04. The Morgan fingerprint density at radius 2 is 2.43 bits per heavy atom. The van der Waals surface area contributed by atoms with Gasteiger partial charge in [-0.3, -0.25) is 4.68 Å². The minimum Gasteiger partial charge on any atom is -0.480 e. The first-order valence-electron chi connectivity index (χ1n) is 4.14. The van der Waals surface area contributed by atoms with Gasteiger partial charge in [0.25, 0.3) is 5.89 Å². The molecule has 0 aliphatic heterocycles. The molecular weight excluding hydrogens is 184 g/mol. The molecule has 0 saturated carbocycles. The van der Waals surface area contributed by atoms with Gasteiger partial charge in [0, 0.05) is 7.05 Å². The Kier molecular flexibility index (Phi) is 2.18. The number of ether oxygens (including phenoxy) is 1. The molecule has 0 amide bonds. The Bertz CT molecular complexity index is 380.